The van der Waals surface area contributed by atoms with E-state index >= 15 is 0 Å². The van der Waals surface area contributed by atoms with E-state index in [1.165, 1.54) is 5.56 Å². The van der Waals surface area contributed by atoms with E-state index in [-0.39, 0.29) is 18.5 Å². The van der Waals surface area contributed by atoms with Crippen molar-refractivity contribution in [3.63, 3.8) is 0 Å². The first kappa shape index (κ1) is 13.9. The highest BCUT2D eigenvalue weighted by Gasteiger charge is 2.29. The fourth-order valence-electron chi connectivity index (χ4n) is 2.88. The molecule has 0 aromatic heterocycles. The van der Waals surface area contributed by atoms with Crippen molar-refractivity contribution in [2.45, 2.75) is 38.8 Å². The SMILES string of the molecule is CCN(C(C)CC(=O)O)C1CCOc2ccccc21. The van der Waals surface area contributed by atoms with Gasteiger partial charge in [0, 0.05) is 24.1 Å². The van der Waals surface area contributed by atoms with Crippen LogP contribution in [0.5, 0.6) is 5.75 Å². The number of para-hydroxylation sites is 1. The number of benzene rings is 1. The molecular weight excluding hydrogens is 242 g/mol. The van der Waals surface area contributed by atoms with E-state index in [0.717, 1.165) is 18.7 Å². The second-order valence-corrected chi connectivity index (χ2v) is 4.97. The molecule has 0 amide bonds. The molecule has 0 spiro atoms. The molecule has 2 atom stereocenters. The molecule has 2 rings (SSSR count). The number of aliphatic carboxylic acids is 1. The number of hydrogen-bond donors (Lipinski definition) is 1. The Labute approximate surface area is 114 Å². The summed E-state index contributed by atoms with van der Waals surface area (Å²) in [5.41, 5.74) is 1.17. The Bertz CT molecular complexity index is 447. The summed E-state index contributed by atoms with van der Waals surface area (Å²) in [5, 5.41) is 8.97. The number of nitrogens with zero attached hydrogens (tertiary/aromatic N) is 1. The van der Waals surface area contributed by atoms with Crippen LogP contribution in [0, 0.1) is 0 Å². The Kier molecular flexibility index (Phi) is 4.43. The summed E-state index contributed by atoms with van der Waals surface area (Å²) in [6.45, 7) is 5.59. The maximum absolute atomic E-state index is 10.9. The van der Waals surface area contributed by atoms with Crippen LogP contribution in [0.4, 0.5) is 0 Å². The van der Waals surface area contributed by atoms with Crippen molar-refractivity contribution in [3.8, 4) is 5.75 Å². The number of carboxylic acid groups (broad SMARTS) is 1. The van der Waals surface area contributed by atoms with Gasteiger partial charge in [-0.3, -0.25) is 9.69 Å². The van der Waals surface area contributed by atoms with Crippen molar-refractivity contribution >= 4 is 5.97 Å². The quantitative estimate of drug-likeness (QED) is 0.887. The van der Waals surface area contributed by atoms with Gasteiger partial charge in [0.2, 0.25) is 0 Å². The highest BCUT2D eigenvalue weighted by Crippen LogP contribution is 2.36. The smallest absolute Gasteiger partial charge is 0.304 e. The van der Waals surface area contributed by atoms with Crippen LogP contribution in [0.15, 0.2) is 24.3 Å². The summed E-state index contributed by atoms with van der Waals surface area (Å²) in [6.07, 6.45) is 1.09. The first-order valence-corrected chi connectivity index (χ1v) is 6.82. The van der Waals surface area contributed by atoms with Crippen LogP contribution in [-0.2, 0) is 4.79 Å². The van der Waals surface area contributed by atoms with Gasteiger partial charge in [-0.15, -0.1) is 0 Å². The van der Waals surface area contributed by atoms with Crippen LogP contribution >= 0.6 is 0 Å². The lowest BCUT2D eigenvalue weighted by molar-refractivity contribution is -0.138. The van der Waals surface area contributed by atoms with E-state index in [4.69, 9.17) is 9.84 Å². The van der Waals surface area contributed by atoms with Crippen LogP contribution in [0.25, 0.3) is 0 Å². The topological polar surface area (TPSA) is 49.8 Å². The average Bonchev–Trinajstić information content (AvgIpc) is 2.39. The van der Waals surface area contributed by atoms with Gasteiger partial charge >= 0.3 is 5.97 Å². The van der Waals surface area contributed by atoms with Crippen LogP contribution < -0.4 is 4.74 Å². The first-order valence-electron chi connectivity index (χ1n) is 6.82. The molecular formula is C15H21NO3. The van der Waals surface area contributed by atoms with E-state index in [1.807, 2.05) is 25.1 Å². The van der Waals surface area contributed by atoms with Gasteiger partial charge in [0.05, 0.1) is 13.0 Å². The van der Waals surface area contributed by atoms with E-state index in [0.29, 0.717) is 6.61 Å². The zero-order valence-electron chi connectivity index (χ0n) is 11.5. The highest BCUT2D eigenvalue weighted by molar-refractivity contribution is 5.67. The molecule has 0 saturated carbocycles. The molecule has 1 aliphatic heterocycles. The zero-order valence-corrected chi connectivity index (χ0v) is 11.5. The number of hydrogen-bond acceptors (Lipinski definition) is 3. The van der Waals surface area contributed by atoms with Gasteiger partial charge in [-0.1, -0.05) is 25.1 Å². The second-order valence-electron chi connectivity index (χ2n) is 4.97. The predicted octanol–water partition coefficient (Wildman–Crippen LogP) is 2.70. The summed E-state index contributed by atoms with van der Waals surface area (Å²) in [5.74, 6) is 0.186. The summed E-state index contributed by atoms with van der Waals surface area (Å²) in [6, 6.07) is 8.32. The minimum absolute atomic E-state index is 0.0265. The number of rotatable bonds is 5. The third kappa shape index (κ3) is 3.07. The zero-order chi connectivity index (χ0) is 13.8. The maximum atomic E-state index is 10.9. The summed E-state index contributed by atoms with van der Waals surface area (Å²) in [4.78, 5) is 13.2. The Morgan fingerprint density at radius 2 is 2.26 bits per heavy atom. The van der Waals surface area contributed by atoms with Crippen LogP contribution in [0.3, 0.4) is 0 Å². The molecule has 1 aromatic carbocycles. The molecule has 0 bridgehead atoms. The highest BCUT2D eigenvalue weighted by atomic mass is 16.5. The fraction of sp³-hybridized carbons (Fsp3) is 0.533. The molecule has 4 heteroatoms. The lowest BCUT2D eigenvalue weighted by Gasteiger charge is -2.38. The van der Waals surface area contributed by atoms with E-state index in [9.17, 15) is 4.79 Å². The van der Waals surface area contributed by atoms with Crippen LogP contribution in [0.1, 0.15) is 38.3 Å². The molecule has 19 heavy (non-hydrogen) atoms. The Morgan fingerprint density at radius 3 is 2.95 bits per heavy atom. The van der Waals surface area contributed by atoms with Crippen molar-refractivity contribution in [2.24, 2.45) is 0 Å². The molecule has 4 nitrogen and oxygen atoms in total. The van der Waals surface area contributed by atoms with Gasteiger partial charge in [-0.05, 0) is 19.5 Å². The third-order valence-corrected chi connectivity index (χ3v) is 3.73. The van der Waals surface area contributed by atoms with Gasteiger partial charge < -0.3 is 9.84 Å². The van der Waals surface area contributed by atoms with Crippen molar-refractivity contribution in [1.82, 2.24) is 4.90 Å². The van der Waals surface area contributed by atoms with E-state index in [2.05, 4.69) is 17.9 Å². The molecule has 1 N–H and O–H groups in total. The first-order chi connectivity index (χ1) is 9.13. The molecule has 0 radical (unpaired) electrons. The van der Waals surface area contributed by atoms with Gasteiger partial charge in [-0.25, -0.2) is 0 Å². The van der Waals surface area contributed by atoms with E-state index < -0.39 is 5.97 Å². The fourth-order valence-corrected chi connectivity index (χ4v) is 2.88. The van der Waals surface area contributed by atoms with Crippen molar-refractivity contribution in [1.29, 1.82) is 0 Å². The van der Waals surface area contributed by atoms with Gasteiger partial charge in [0.15, 0.2) is 0 Å². The van der Waals surface area contributed by atoms with Gasteiger partial charge in [0.1, 0.15) is 5.75 Å². The lowest BCUT2D eigenvalue weighted by Crippen LogP contribution is -2.39. The van der Waals surface area contributed by atoms with E-state index in [1.54, 1.807) is 0 Å². The number of carbonyl (C=O) groups is 1. The van der Waals surface area contributed by atoms with Crippen molar-refractivity contribution < 1.29 is 14.6 Å². The molecule has 1 heterocycles. The molecule has 1 aromatic rings. The minimum atomic E-state index is -0.744. The second kappa shape index (κ2) is 6.06. The lowest BCUT2D eigenvalue weighted by atomic mass is 9.97. The number of carboxylic acids is 1. The normalized spacial score (nSPS) is 19.6. The van der Waals surface area contributed by atoms with Crippen LogP contribution in [0.2, 0.25) is 0 Å². The minimum Gasteiger partial charge on any atom is -0.493 e. The van der Waals surface area contributed by atoms with Crippen LogP contribution in [-0.4, -0.2) is 35.2 Å². The summed E-state index contributed by atoms with van der Waals surface area (Å²) in [7, 11) is 0. The Balaban J connectivity index is 2.22. The summed E-state index contributed by atoms with van der Waals surface area (Å²) >= 11 is 0. The number of ether oxygens (including phenoxy) is 1. The molecule has 0 fully saturated rings. The van der Waals surface area contributed by atoms with Gasteiger partial charge in [-0.2, -0.15) is 0 Å². The molecule has 2 unspecified atom stereocenters. The standard InChI is InChI=1S/C15H21NO3/c1-3-16(11(2)10-15(17)18)13-8-9-19-14-7-5-4-6-12(13)14/h4-7,11,13H,3,8-10H2,1-2H3,(H,17,18). The molecule has 0 aliphatic carbocycles. The Morgan fingerprint density at radius 1 is 1.53 bits per heavy atom. The molecule has 104 valence electrons. The van der Waals surface area contributed by atoms with Gasteiger partial charge in [0.25, 0.3) is 0 Å². The number of fused-ring (bicyclic) bond motifs is 1. The Hall–Kier alpha value is -1.55. The van der Waals surface area contributed by atoms with Crippen molar-refractivity contribution in [2.75, 3.05) is 13.2 Å². The molecule has 0 saturated heterocycles. The monoisotopic (exact) mass is 263 g/mol. The predicted molar refractivity (Wildman–Crippen MR) is 73.4 cm³/mol. The average molecular weight is 263 g/mol. The maximum Gasteiger partial charge on any atom is 0.304 e. The largest absolute Gasteiger partial charge is 0.493 e. The third-order valence-electron chi connectivity index (χ3n) is 3.73. The molecule has 1 aliphatic rings. The summed E-state index contributed by atoms with van der Waals surface area (Å²) < 4.78 is 5.67. The van der Waals surface area contributed by atoms with Crippen molar-refractivity contribution in [3.05, 3.63) is 29.8 Å².